The van der Waals surface area contributed by atoms with E-state index in [9.17, 15) is 10.2 Å². The van der Waals surface area contributed by atoms with Gasteiger partial charge in [-0.2, -0.15) is 0 Å². The van der Waals surface area contributed by atoms with Crippen molar-refractivity contribution < 1.29 is 19.7 Å². The zero-order valence-electron chi connectivity index (χ0n) is 19.3. The molecule has 0 aliphatic heterocycles. The van der Waals surface area contributed by atoms with Gasteiger partial charge >= 0.3 is 0 Å². The van der Waals surface area contributed by atoms with Crippen molar-refractivity contribution in [1.82, 2.24) is 0 Å². The van der Waals surface area contributed by atoms with Crippen molar-refractivity contribution in [1.29, 1.82) is 0 Å². The number of aliphatic hydroxyl groups is 2. The van der Waals surface area contributed by atoms with E-state index >= 15 is 0 Å². The first-order valence-electron chi connectivity index (χ1n) is 11.0. The number of methoxy groups -OCH3 is 2. The molecular weight excluding hydrogens is 424 g/mol. The van der Waals surface area contributed by atoms with Crippen molar-refractivity contribution in [3.63, 3.8) is 0 Å². The molecule has 0 aliphatic carbocycles. The number of ether oxygens (including phenoxy) is 2. The molecule has 34 heavy (non-hydrogen) atoms. The highest BCUT2D eigenvalue weighted by atomic mass is 16.5. The van der Waals surface area contributed by atoms with Crippen LogP contribution < -0.4 is 9.47 Å². The predicted molar refractivity (Wildman–Crippen MR) is 134 cm³/mol. The molecule has 0 aliphatic rings. The van der Waals surface area contributed by atoms with Crippen LogP contribution in [0.3, 0.4) is 0 Å². The standard InChI is InChI=1S/C30H28O4/c1-33-27-17-13-25(14-18-27)30(32,26-15-19-28(34-2)20-16-26)22-21-29(31,23-9-5-3-6-10-23)24-11-7-4-8-12-24/h3-22,31-32H,1-2H3/b22-21+. The van der Waals surface area contributed by atoms with Crippen LogP contribution in [0.4, 0.5) is 0 Å². The molecule has 0 atom stereocenters. The van der Waals surface area contributed by atoms with Gasteiger partial charge in [-0.25, -0.2) is 0 Å². The Morgan fingerprint density at radius 2 is 0.765 bits per heavy atom. The van der Waals surface area contributed by atoms with Gasteiger partial charge in [-0.15, -0.1) is 0 Å². The molecule has 0 spiro atoms. The highest BCUT2D eigenvalue weighted by Crippen LogP contribution is 2.37. The first kappa shape index (κ1) is 23.3. The number of hydrogen-bond donors (Lipinski definition) is 2. The molecule has 4 aromatic carbocycles. The Morgan fingerprint density at radius 1 is 0.471 bits per heavy atom. The van der Waals surface area contributed by atoms with Gasteiger partial charge in [0, 0.05) is 0 Å². The van der Waals surface area contributed by atoms with Crippen LogP contribution in [0.25, 0.3) is 0 Å². The van der Waals surface area contributed by atoms with Crippen molar-refractivity contribution in [3.05, 3.63) is 144 Å². The maximum Gasteiger partial charge on any atom is 0.133 e. The SMILES string of the molecule is COc1ccc(C(O)(/C=C/C(O)(c2ccccc2)c2ccccc2)c2ccc(OC)cc2)cc1. The summed E-state index contributed by atoms with van der Waals surface area (Å²) in [5.74, 6) is 1.38. The van der Waals surface area contributed by atoms with Crippen molar-refractivity contribution in [2.45, 2.75) is 11.2 Å². The minimum atomic E-state index is -1.52. The lowest BCUT2D eigenvalue weighted by molar-refractivity contribution is 0.116. The third-order valence-electron chi connectivity index (χ3n) is 6.05. The van der Waals surface area contributed by atoms with Crippen LogP contribution in [0, 0.1) is 0 Å². The van der Waals surface area contributed by atoms with Gasteiger partial charge in [0.2, 0.25) is 0 Å². The molecule has 0 aromatic heterocycles. The zero-order chi connectivity index (χ0) is 24.0. The smallest absolute Gasteiger partial charge is 0.133 e. The third kappa shape index (κ3) is 4.60. The summed E-state index contributed by atoms with van der Waals surface area (Å²) in [4.78, 5) is 0. The first-order chi connectivity index (χ1) is 16.5. The predicted octanol–water partition coefficient (Wildman–Crippen LogP) is 5.43. The molecule has 4 rings (SSSR count). The lowest BCUT2D eigenvalue weighted by atomic mass is 9.81. The van der Waals surface area contributed by atoms with Gasteiger partial charge in [0.15, 0.2) is 0 Å². The molecule has 4 nitrogen and oxygen atoms in total. The van der Waals surface area contributed by atoms with Gasteiger partial charge in [0.25, 0.3) is 0 Å². The molecule has 0 heterocycles. The molecule has 0 saturated heterocycles. The molecule has 2 N–H and O–H groups in total. The van der Waals surface area contributed by atoms with Crippen LogP contribution in [0.2, 0.25) is 0 Å². The fourth-order valence-electron chi connectivity index (χ4n) is 4.03. The van der Waals surface area contributed by atoms with E-state index in [0.717, 1.165) is 0 Å². The number of hydrogen-bond acceptors (Lipinski definition) is 4. The Labute approximate surface area is 200 Å². The molecule has 0 amide bonds. The summed E-state index contributed by atoms with van der Waals surface area (Å²) in [5, 5.41) is 24.0. The van der Waals surface area contributed by atoms with Gasteiger partial charge in [-0.05, 0) is 58.7 Å². The van der Waals surface area contributed by atoms with Crippen LogP contribution in [0.5, 0.6) is 11.5 Å². The lowest BCUT2D eigenvalue weighted by Crippen LogP contribution is -2.29. The lowest BCUT2D eigenvalue weighted by Gasteiger charge is -2.30. The molecule has 0 bridgehead atoms. The van der Waals surface area contributed by atoms with Gasteiger partial charge in [0.05, 0.1) is 14.2 Å². The Bertz CT molecular complexity index is 1130. The van der Waals surface area contributed by atoms with Crippen LogP contribution in [-0.4, -0.2) is 24.4 Å². The van der Waals surface area contributed by atoms with E-state index in [0.29, 0.717) is 33.8 Å². The fourth-order valence-corrected chi connectivity index (χ4v) is 4.03. The second-order valence-electron chi connectivity index (χ2n) is 8.06. The van der Waals surface area contributed by atoms with E-state index in [1.165, 1.54) is 0 Å². The minimum Gasteiger partial charge on any atom is -0.497 e. The minimum absolute atomic E-state index is 0.637. The highest BCUT2D eigenvalue weighted by molar-refractivity contribution is 5.47. The van der Waals surface area contributed by atoms with Crippen molar-refractivity contribution in [3.8, 4) is 11.5 Å². The summed E-state index contributed by atoms with van der Waals surface area (Å²) in [5.41, 5.74) is -0.296. The molecule has 0 radical (unpaired) electrons. The highest BCUT2D eigenvalue weighted by Gasteiger charge is 2.33. The summed E-state index contributed by atoms with van der Waals surface area (Å²) >= 11 is 0. The zero-order valence-corrected chi connectivity index (χ0v) is 19.3. The first-order valence-corrected chi connectivity index (χ1v) is 11.0. The Balaban J connectivity index is 1.87. The molecular formula is C30H28O4. The Morgan fingerprint density at radius 3 is 1.06 bits per heavy atom. The normalized spacial score (nSPS) is 12.0. The third-order valence-corrected chi connectivity index (χ3v) is 6.05. The molecule has 4 heteroatoms. The van der Waals surface area contributed by atoms with E-state index in [2.05, 4.69) is 0 Å². The van der Waals surface area contributed by atoms with Crippen molar-refractivity contribution in [2.24, 2.45) is 0 Å². The maximum atomic E-state index is 12.1. The molecule has 0 saturated carbocycles. The van der Waals surface area contributed by atoms with Crippen molar-refractivity contribution >= 4 is 0 Å². The van der Waals surface area contributed by atoms with Gasteiger partial charge in [-0.1, -0.05) is 84.9 Å². The summed E-state index contributed by atoms with van der Waals surface area (Å²) in [7, 11) is 3.20. The Hall–Kier alpha value is -3.86. The van der Waals surface area contributed by atoms with Crippen LogP contribution in [-0.2, 0) is 11.2 Å². The Kier molecular flexibility index (Phi) is 6.82. The second kappa shape index (κ2) is 9.96. The molecule has 172 valence electrons. The maximum absolute atomic E-state index is 12.1. The van der Waals surface area contributed by atoms with E-state index in [1.807, 2.05) is 84.9 Å². The summed E-state index contributed by atoms with van der Waals surface area (Å²) < 4.78 is 10.6. The molecule has 4 aromatic rings. The average molecular weight is 453 g/mol. The van der Waals surface area contributed by atoms with Crippen molar-refractivity contribution in [2.75, 3.05) is 14.2 Å². The molecule has 0 fully saturated rings. The van der Waals surface area contributed by atoms with Gasteiger partial charge in [-0.3, -0.25) is 0 Å². The number of rotatable bonds is 8. The topological polar surface area (TPSA) is 58.9 Å². The van der Waals surface area contributed by atoms with Gasteiger partial charge < -0.3 is 19.7 Å². The quantitative estimate of drug-likeness (QED) is 0.350. The van der Waals surface area contributed by atoms with E-state index in [-0.39, 0.29) is 0 Å². The van der Waals surface area contributed by atoms with E-state index in [1.54, 1.807) is 50.6 Å². The largest absolute Gasteiger partial charge is 0.497 e. The second-order valence-corrected chi connectivity index (χ2v) is 8.06. The van der Waals surface area contributed by atoms with E-state index < -0.39 is 11.2 Å². The monoisotopic (exact) mass is 452 g/mol. The van der Waals surface area contributed by atoms with Crippen LogP contribution >= 0.6 is 0 Å². The summed E-state index contributed by atoms with van der Waals surface area (Å²) in [6.45, 7) is 0. The van der Waals surface area contributed by atoms with Crippen LogP contribution in [0.1, 0.15) is 22.3 Å². The summed E-state index contributed by atoms with van der Waals surface area (Å²) in [6.07, 6.45) is 3.31. The number of benzene rings is 4. The van der Waals surface area contributed by atoms with Gasteiger partial charge in [0.1, 0.15) is 22.7 Å². The molecule has 0 unspecified atom stereocenters. The van der Waals surface area contributed by atoms with Crippen LogP contribution in [0.15, 0.2) is 121 Å². The average Bonchev–Trinajstić information content (AvgIpc) is 2.92. The summed E-state index contributed by atoms with van der Waals surface area (Å²) in [6, 6.07) is 33.3. The fraction of sp³-hybridized carbons (Fsp3) is 0.133. The van der Waals surface area contributed by atoms with E-state index in [4.69, 9.17) is 9.47 Å².